The van der Waals surface area contributed by atoms with Gasteiger partial charge in [0.15, 0.2) is 5.78 Å². The number of Topliss-reactive ketones (excluding diaryl/α,β-unsaturated/α-hetero) is 1. The molecule has 3 fully saturated rings. The van der Waals surface area contributed by atoms with Crippen LogP contribution in [0.15, 0.2) is 11.6 Å². The van der Waals surface area contributed by atoms with E-state index in [1.54, 1.807) is 6.08 Å². The van der Waals surface area contributed by atoms with E-state index in [-0.39, 0.29) is 40.9 Å². The molecular formula is C25H39NO6. The molecule has 0 aromatic carbocycles. The first-order valence-electron chi connectivity index (χ1n) is 11.8. The highest BCUT2D eigenvalue weighted by Gasteiger charge is 2.66. The minimum atomic E-state index is -1.21. The summed E-state index contributed by atoms with van der Waals surface area (Å²) in [5.41, 5.74) is -0.307. The molecule has 0 unspecified atom stereocenters. The second-order valence-corrected chi connectivity index (χ2v) is 10.7. The highest BCUT2D eigenvalue weighted by Crippen LogP contribution is 2.64. The van der Waals surface area contributed by atoms with Crippen LogP contribution in [0.5, 0.6) is 0 Å². The molecular weight excluding hydrogens is 410 g/mol. The Bertz CT molecular complexity index is 791. The predicted octanol–water partition coefficient (Wildman–Crippen LogP) is 2.61. The number of hydrogen-bond acceptors (Lipinski definition) is 7. The number of methoxy groups -OCH3 is 1. The molecule has 0 aromatic rings. The van der Waals surface area contributed by atoms with Crippen molar-refractivity contribution < 1.29 is 29.0 Å². The molecule has 180 valence electrons. The molecule has 3 rings (SSSR count). The van der Waals surface area contributed by atoms with Crippen molar-refractivity contribution in [1.82, 2.24) is 4.90 Å². The minimum Gasteiger partial charge on any atom is -0.469 e. The van der Waals surface area contributed by atoms with Crippen molar-refractivity contribution in [3.05, 3.63) is 11.6 Å². The second-order valence-electron chi connectivity index (χ2n) is 10.7. The van der Waals surface area contributed by atoms with Gasteiger partial charge < -0.3 is 19.5 Å². The molecule has 1 N–H and O–H groups in total. The van der Waals surface area contributed by atoms with E-state index in [1.807, 2.05) is 32.8 Å². The van der Waals surface area contributed by atoms with E-state index >= 15 is 0 Å². The normalized spacial score (nSPS) is 40.6. The van der Waals surface area contributed by atoms with Gasteiger partial charge in [0.1, 0.15) is 12.7 Å². The van der Waals surface area contributed by atoms with Gasteiger partial charge >= 0.3 is 11.9 Å². The van der Waals surface area contributed by atoms with Crippen molar-refractivity contribution in [2.45, 2.75) is 59.0 Å². The molecule has 3 aliphatic rings. The van der Waals surface area contributed by atoms with E-state index in [9.17, 15) is 19.5 Å². The van der Waals surface area contributed by atoms with Crippen LogP contribution in [0.2, 0.25) is 0 Å². The van der Waals surface area contributed by atoms with Gasteiger partial charge in [-0.3, -0.25) is 9.59 Å². The van der Waals surface area contributed by atoms with Crippen LogP contribution >= 0.6 is 0 Å². The lowest BCUT2D eigenvalue weighted by molar-refractivity contribution is -0.198. The van der Waals surface area contributed by atoms with E-state index in [0.29, 0.717) is 26.0 Å². The Balaban J connectivity index is 1.87. The predicted molar refractivity (Wildman–Crippen MR) is 120 cm³/mol. The molecule has 0 spiro atoms. The van der Waals surface area contributed by atoms with E-state index in [4.69, 9.17) is 9.47 Å². The van der Waals surface area contributed by atoms with E-state index in [0.717, 1.165) is 24.8 Å². The lowest BCUT2D eigenvalue weighted by Gasteiger charge is -2.61. The van der Waals surface area contributed by atoms with Crippen LogP contribution in [0, 0.1) is 34.5 Å². The first-order chi connectivity index (χ1) is 15.0. The van der Waals surface area contributed by atoms with Gasteiger partial charge in [-0.15, -0.1) is 0 Å². The Morgan fingerprint density at radius 1 is 1.25 bits per heavy atom. The summed E-state index contributed by atoms with van der Waals surface area (Å²) in [7, 11) is 5.20. The third kappa shape index (κ3) is 4.14. The Hall–Kier alpha value is -1.73. The number of rotatable bonds is 5. The third-order valence-corrected chi connectivity index (χ3v) is 8.63. The zero-order valence-corrected chi connectivity index (χ0v) is 20.3. The van der Waals surface area contributed by atoms with Gasteiger partial charge in [0.2, 0.25) is 0 Å². The quantitative estimate of drug-likeness (QED) is 0.509. The number of likely N-dealkylation sites (N-methyl/N-ethyl adjacent to an activating group) is 1. The number of aliphatic hydroxyl groups excluding tert-OH is 1. The monoisotopic (exact) mass is 449 g/mol. The number of carbonyl (C=O) groups excluding carboxylic acids is 3. The number of allylic oxidation sites excluding steroid dienone is 1. The van der Waals surface area contributed by atoms with Crippen molar-refractivity contribution in [2.75, 3.05) is 34.4 Å². The van der Waals surface area contributed by atoms with Gasteiger partial charge in [-0.2, -0.15) is 0 Å². The van der Waals surface area contributed by atoms with Crippen LogP contribution in [-0.2, 0) is 23.9 Å². The molecule has 0 bridgehead atoms. The molecule has 0 aliphatic heterocycles. The van der Waals surface area contributed by atoms with Crippen LogP contribution in [0.4, 0.5) is 0 Å². The Morgan fingerprint density at radius 3 is 2.56 bits per heavy atom. The first-order valence-corrected chi connectivity index (χ1v) is 11.8. The second kappa shape index (κ2) is 9.26. The molecule has 7 nitrogen and oxygen atoms in total. The summed E-state index contributed by atoms with van der Waals surface area (Å²) in [4.78, 5) is 40.5. The van der Waals surface area contributed by atoms with Crippen molar-refractivity contribution >= 4 is 17.7 Å². The lowest BCUT2D eigenvalue weighted by Crippen LogP contribution is -2.65. The number of nitrogens with zero attached hydrogens (tertiary/aromatic N) is 1. The van der Waals surface area contributed by atoms with Crippen LogP contribution in [-0.4, -0.2) is 68.2 Å². The highest BCUT2D eigenvalue weighted by molar-refractivity contribution is 5.90. The average Bonchev–Trinajstić information content (AvgIpc) is 2.72. The number of ketones is 1. The first kappa shape index (κ1) is 24.9. The summed E-state index contributed by atoms with van der Waals surface area (Å²) in [6.07, 6.45) is 4.15. The topological polar surface area (TPSA) is 93.1 Å². The number of esters is 2. The Labute approximate surface area is 191 Å². The fraction of sp³-hybridized carbons (Fsp3) is 0.800. The molecule has 0 aromatic heterocycles. The molecule has 3 saturated carbocycles. The summed E-state index contributed by atoms with van der Waals surface area (Å²) in [5, 5.41) is 11.2. The number of hydrogen-bond donors (Lipinski definition) is 1. The van der Waals surface area contributed by atoms with Crippen molar-refractivity contribution in [2.24, 2.45) is 34.5 Å². The van der Waals surface area contributed by atoms with Crippen molar-refractivity contribution in [1.29, 1.82) is 0 Å². The fourth-order valence-corrected chi connectivity index (χ4v) is 7.04. The van der Waals surface area contributed by atoms with Crippen LogP contribution in [0.3, 0.4) is 0 Å². The van der Waals surface area contributed by atoms with E-state index < -0.39 is 17.4 Å². The van der Waals surface area contributed by atoms with Gasteiger partial charge in [-0.25, -0.2) is 4.79 Å². The molecule has 0 radical (unpaired) electrons. The number of aliphatic hydroxyl groups is 1. The summed E-state index contributed by atoms with van der Waals surface area (Å²) in [6.45, 7) is 6.94. The molecule has 32 heavy (non-hydrogen) atoms. The zero-order valence-electron chi connectivity index (χ0n) is 20.3. The average molecular weight is 450 g/mol. The summed E-state index contributed by atoms with van der Waals surface area (Å²) < 4.78 is 10.4. The standard InChI is InChI=1S/C25H39NO6/c1-15-16(14-18(27)32-13-12-26(4)5)8-9-17-19(15)20(28)21(29)22-24(17,2)10-7-11-25(22,3)23(30)31-6/h14-15,17,19,21-22,29H,7-13H2,1-6H3/t15-,17-,19-,21-,22+,24+,25-/m0/s1. The molecule has 0 heterocycles. The summed E-state index contributed by atoms with van der Waals surface area (Å²) >= 11 is 0. The van der Waals surface area contributed by atoms with Gasteiger partial charge in [0, 0.05) is 24.5 Å². The maximum absolute atomic E-state index is 13.5. The third-order valence-electron chi connectivity index (χ3n) is 8.63. The van der Waals surface area contributed by atoms with Crippen molar-refractivity contribution in [3.8, 4) is 0 Å². The highest BCUT2D eigenvalue weighted by atomic mass is 16.5. The number of carbonyl (C=O) groups is 3. The van der Waals surface area contributed by atoms with Crippen LogP contribution in [0.25, 0.3) is 0 Å². The van der Waals surface area contributed by atoms with Gasteiger partial charge in [-0.05, 0) is 64.0 Å². The maximum atomic E-state index is 13.5. The molecule has 7 atom stereocenters. The SMILES string of the molecule is COC(=O)[C@@]1(C)CCC[C@@]2(C)[C@H]1[C@@H](O)C(=O)[C@H]1[C@@H](C)C(=CC(=O)OCCN(C)C)CC[C@@H]12. The molecule has 7 heteroatoms. The maximum Gasteiger partial charge on any atom is 0.330 e. The fourth-order valence-electron chi connectivity index (χ4n) is 7.04. The smallest absolute Gasteiger partial charge is 0.330 e. The Kier molecular flexibility index (Phi) is 7.20. The molecule has 0 saturated heterocycles. The van der Waals surface area contributed by atoms with E-state index in [2.05, 4.69) is 6.92 Å². The molecule has 0 amide bonds. The van der Waals surface area contributed by atoms with Crippen LogP contribution in [0.1, 0.15) is 52.9 Å². The molecule has 3 aliphatic carbocycles. The van der Waals surface area contributed by atoms with E-state index in [1.165, 1.54) is 7.11 Å². The lowest BCUT2D eigenvalue weighted by atomic mass is 9.42. The van der Waals surface area contributed by atoms with Gasteiger partial charge in [0.25, 0.3) is 0 Å². The van der Waals surface area contributed by atoms with Crippen LogP contribution < -0.4 is 0 Å². The summed E-state index contributed by atoms with van der Waals surface area (Å²) in [6, 6.07) is 0. The largest absolute Gasteiger partial charge is 0.469 e. The van der Waals surface area contributed by atoms with Gasteiger partial charge in [0.05, 0.1) is 12.5 Å². The minimum absolute atomic E-state index is 0.0598. The van der Waals surface area contributed by atoms with Crippen molar-refractivity contribution in [3.63, 3.8) is 0 Å². The number of ether oxygens (including phenoxy) is 2. The summed E-state index contributed by atoms with van der Waals surface area (Å²) in [5.74, 6) is -1.83. The number of fused-ring (bicyclic) bond motifs is 3. The van der Waals surface area contributed by atoms with Gasteiger partial charge in [-0.1, -0.05) is 25.8 Å². The Morgan fingerprint density at radius 2 is 1.94 bits per heavy atom. The zero-order chi connectivity index (χ0) is 23.8.